The number of benzene rings is 1. The zero-order valence-corrected chi connectivity index (χ0v) is 9.78. The van der Waals surface area contributed by atoms with Crippen molar-refractivity contribution in [3.05, 3.63) is 40.5 Å². The van der Waals surface area contributed by atoms with Crippen LogP contribution in [-0.4, -0.2) is 11.1 Å². The molecule has 3 N–H and O–H groups in total. The van der Waals surface area contributed by atoms with E-state index in [0.29, 0.717) is 16.4 Å². The standard InChI is InChI=1S/C11H10ClN3O2/c1-6-9(10(13)17-15-6)11(16)14-8-4-2-7(12)3-5-8/h2-5H,13H2,1H3,(H,14,16). The number of rotatable bonds is 2. The number of aromatic nitrogens is 1. The monoisotopic (exact) mass is 251 g/mol. The van der Waals surface area contributed by atoms with Crippen molar-refractivity contribution in [2.24, 2.45) is 0 Å². The second-order valence-electron chi connectivity index (χ2n) is 3.47. The summed E-state index contributed by atoms with van der Waals surface area (Å²) in [5, 5.41) is 6.89. The maximum absolute atomic E-state index is 11.9. The highest BCUT2D eigenvalue weighted by Gasteiger charge is 2.18. The van der Waals surface area contributed by atoms with E-state index in [2.05, 4.69) is 10.5 Å². The summed E-state index contributed by atoms with van der Waals surface area (Å²) in [7, 11) is 0. The summed E-state index contributed by atoms with van der Waals surface area (Å²) in [6.07, 6.45) is 0. The summed E-state index contributed by atoms with van der Waals surface area (Å²) in [4.78, 5) is 11.9. The third-order valence-electron chi connectivity index (χ3n) is 2.22. The minimum absolute atomic E-state index is 0.00830. The van der Waals surface area contributed by atoms with Gasteiger partial charge in [-0.25, -0.2) is 0 Å². The molecule has 1 heterocycles. The van der Waals surface area contributed by atoms with Crippen molar-refractivity contribution in [3.8, 4) is 0 Å². The van der Waals surface area contributed by atoms with Gasteiger partial charge >= 0.3 is 0 Å². The Balaban J connectivity index is 2.20. The molecule has 0 aliphatic heterocycles. The lowest BCUT2D eigenvalue weighted by Gasteiger charge is -2.04. The van der Waals surface area contributed by atoms with Gasteiger partial charge in [-0.1, -0.05) is 16.8 Å². The zero-order chi connectivity index (χ0) is 12.4. The van der Waals surface area contributed by atoms with Crippen molar-refractivity contribution in [1.82, 2.24) is 5.16 Å². The fraction of sp³-hybridized carbons (Fsp3) is 0.0909. The Morgan fingerprint density at radius 2 is 2.06 bits per heavy atom. The molecule has 6 heteroatoms. The number of amides is 1. The minimum atomic E-state index is -0.358. The number of hydrogen-bond acceptors (Lipinski definition) is 4. The van der Waals surface area contributed by atoms with E-state index >= 15 is 0 Å². The lowest BCUT2D eigenvalue weighted by atomic mass is 10.2. The molecule has 0 unspecified atom stereocenters. The van der Waals surface area contributed by atoms with Gasteiger partial charge in [0.1, 0.15) is 5.56 Å². The fourth-order valence-corrected chi connectivity index (χ4v) is 1.52. The number of nitrogens with two attached hydrogens (primary N) is 1. The van der Waals surface area contributed by atoms with Gasteiger partial charge in [0.2, 0.25) is 5.88 Å². The Morgan fingerprint density at radius 3 is 2.59 bits per heavy atom. The van der Waals surface area contributed by atoms with E-state index in [4.69, 9.17) is 21.9 Å². The van der Waals surface area contributed by atoms with Gasteiger partial charge in [-0.3, -0.25) is 4.79 Å². The van der Waals surface area contributed by atoms with Gasteiger partial charge in [0.05, 0.1) is 5.69 Å². The number of carbonyl (C=O) groups excluding carboxylic acids is 1. The van der Waals surface area contributed by atoms with Gasteiger partial charge < -0.3 is 15.6 Å². The highest BCUT2D eigenvalue weighted by Crippen LogP contribution is 2.19. The van der Waals surface area contributed by atoms with Crippen molar-refractivity contribution < 1.29 is 9.32 Å². The van der Waals surface area contributed by atoms with E-state index in [1.165, 1.54) is 0 Å². The highest BCUT2D eigenvalue weighted by atomic mass is 35.5. The van der Waals surface area contributed by atoms with Crippen molar-refractivity contribution in [3.63, 3.8) is 0 Å². The second-order valence-corrected chi connectivity index (χ2v) is 3.90. The summed E-state index contributed by atoms with van der Waals surface area (Å²) >= 11 is 5.74. The molecule has 1 amide bonds. The Morgan fingerprint density at radius 1 is 1.41 bits per heavy atom. The molecule has 0 radical (unpaired) electrons. The van der Waals surface area contributed by atoms with Crippen LogP contribution in [-0.2, 0) is 0 Å². The van der Waals surface area contributed by atoms with E-state index in [1.54, 1.807) is 31.2 Å². The van der Waals surface area contributed by atoms with Crippen LogP contribution in [0.3, 0.4) is 0 Å². The Kier molecular flexibility index (Phi) is 3.01. The average Bonchev–Trinajstić information content (AvgIpc) is 2.62. The number of anilines is 2. The molecule has 0 fully saturated rings. The highest BCUT2D eigenvalue weighted by molar-refractivity contribution is 6.30. The van der Waals surface area contributed by atoms with Crippen LogP contribution in [0.4, 0.5) is 11.6 Å². The normalized spacial score (nSPS) is 10.2. The molecule has 1 aromatic carbocycles. The third kappa shape index (κ3) is 2.39. The van der Waals surface area contributed by atoms with Crippen LogP contribution < -0.4 is 11.1 Å². The fourth-order valence-electron chi connectivity index (χ4n) is 1.39. The summed E-state index contributed by atoms with van der Waals surface area (Å²) in [5.41, 5.74) is 6.84. The van der Waals surface area contributed by atoms with Crippen LogP contribution in [0.25, 0.3) is 0 Å². The van der Waals surface area contributed by atoms with Crippen LogP contribution in [0.1, 0.15) is 16.1 Å². The number of nitrogen functional groups attached to an aromatic ring is 1. The lowest BCUT2D eigenvalue weighted by molar-refractivity contribution is 0.102. The van der Waals surface area contributed by atoms with E-state index in [1.807, 2.05) is 0 Å². The molecule has 0 atom stereocenters. The van der Waals surface area contributed by atoms with Crippen molar-refractivity contribution in [1.29, 1.82) is 0 Å². The Labute approximate surface area is 103 Å². The molecule has 2 rings (SSSR count). The number of nitrogens with zero attached hydrogens (tertiary/aromatic N) is 1. The van der Waals surface area contributed by atoms with Crippen LogP contribution in [0.15, 0.2) is 28.8 Å². The van der Waals surface area contributed by atoms with Gasteiger partial charge in [0.15, 0.2) is 0 Å². The van der Waals surface area contributed by atoms with Gasteiger partial charge in [-0.2, -0.15) is 0 Å². The number of halogens is 1. The summed E-state index contributed by atoms with van der Waals surface area (Å²) < 4.78 is 4.72. The topological polar surface area (TPSA) is 81.2 Å². The van der Waals surface area contributed by atoms with Crippen LogP contribution in [0.5, 0.6) is 0 Å². The molecule has 0 aliphatic rings. The molecule has 88 valence electrons. The molecular formula is C11H10ClN3O2. The number of carbonyl (C=O) groups is 1. The molecule has 0 saturated carbocycles. The predicted octanol–water partition coefficient (Wildman–Crippen LogP) is 2.47. The minimum Gasteiger partial charge on any atom is -0.367 e. The number of aryl methyl sites for hydroxylation is 1. The maximum atomic E-state index is 11.9. The van der Waals surface area contributed by atoms with E-state index in [9.17, 15) is 4.79 Å². The van der Waals surface area contributed by atoms with Gasteiger partial charge in [0, 0.05) is 10.7 Å². The molecule has 5 nitrogen and oxygen atoms in total. The molecular weight excluding hydrogens is 242 g/mol. The van der Waals surface area contributed by atoms with E-state index in [-0.39, 0.29) is 17.4 Å². The average molecular weight is 252 g/mol. The van der Waals surface area contributed by atoms with Crippen LogP contribution >= 0.6 is 11.6 Å². The van der Waals surface area contributed by atoms with E-state index < -0.39 is 0 Å². The molecule has 1 aromatic heterocycles. The molecule has 0 bridgehead atoms. The first kappa shape index (κ1) is 11.5. The first-order valence-corrected chi connectivity index (χ1v) is 5.24. The smallest absolute Gasteiger partial charge is 0.263 e. The quantitative estimate of drug-likeness (QED) is 0.859. The van der Waals surface area contributed by atoms with Gasteiger partial charge in [0.25, 0.3) is 5.91 Å². The molecule has 2 aromatic rings. The Bertz CT molecular complexity index is 529. The number of nitrogens with one attached hydrogen (secondary N) is 1. The summed E-state index contributed by atoms with van der Waals surface area (Å²) in [5.74, 6) is -0.350. The van der Waals surface area contributed by atoms with Crippen molar-refractivity contribution >= 4 is 29.1 Å². The first-order valence-electron chi connectivity index (χ1n) is 4.86. The van der Waals surface area contributed by atoms with Gasteiger partial charge in [-0.15, -0.1) is 0 Å². The molecule has 17 heavy (non-hydrogen) atoms. The second kappa shape index (κ2) is 4.47. The Hall–Kier alpha value is -2.01. The van der Waals surface area contributed by atoms with Crippen molar-refractivity contribution in [2.45, 2.75) is 6.92 Å². The lowest BCUT2D eigenvalue weighted by Crippen LogP contribution is -2.13. The zero-order valence-electron chi connectivity index (χ0n) is 9.03. The van der Waals surface area contributed by atoms with Crippen LogP contribution in [0.2, 0.25) is 5.02 Å². The first-order chi connectivity index (χ1) is 8.08. The third-order valence-corrected chi connectivity index (χ3v) is 2.47. The SMILES string of the molecule is Cc1noc(N)c1C(=O)Nc1ccc(Cl)cc1. The maximum Gasteiger partial charge on any atom is 0.263 e. The summed E-state index contributed by atoms with van der Waals surface area (Å²) in [6.45, 7) is 1.65. The van der Waals surface area contributed by atoms with Gasteiger partial charge in [-0.05, 0) is 31.2 Å². The molecule has 0 spiro atoms. The largest absolute Gasteiger partial charge is 0.367 e. The summed E-state index contributed by atoms with van der Waals surface area (Å²) in [6, 6.07) is 6.75. The van der Waals surface area contributed by atoms with Crippen LogP contribution in [0, 0.1) is 6.92 Å². The molecule has 0 aliphatic carbocycles. The van der Waals surface area contributed by atoms with E-state index in [0.717, 1.165) is 0 Å². The number of hydrogen-bond donors (Lipinski definition) is 2. The van der Waals surface area contributed by atoms with Crippen molar-refractivity contribution in [2.75, 3.05) is 11.1 Å². The molecule has 0 saturated heterocycles. The predicted molar refractivity (Wildman–Crippen MR) is 65.1 cm³/mol.